The highest BCUT2D eigenvalue weighted by molar-refractivity contribution is 6.35. The molecule has 12 heteroatoms. The Morgan fingerprint density at radius 2 is 1.80 bits per heavy atom. The number of hydrogen-bond donors (Lipinski definition) is 1. The fraction of sp³-hybridized carbons (Fsp3) is 0.469. The zero-order chi connectivity index (χ0) is 31.3. The Bertz CT molecular complexity index is 1680. The van der Waals surface area contributed by atoms with E-state index in [1.807, 2.05) is 28.2 Å². The van der Waals surface area contributed by atoms with Gasteiger partial charge in [-0.1, -0.05) is 29.3 Å². The summed E-state index contributed by atoms with van der Waals surface area (Å²) in [6, 6.07) is 5.93. The van der Waals surface area contributed by atoms with Crippen LogP contribution in [-0.2, 0) is 11.3 Å². The van der Waals surface area contributed by atoms with Gasteiger partial charge in [-0.05, 0) is 70.0 Å². The molecule has 2 saturated heterocycles. The molecule has 0 unspecified atom stereocenters. The van der Waals surface area contributed by atoms with Crippen molar-refractivity contribution in [3.63, 3.8) is 0 Å². The summed E-state index contributed by atoms with van der Waals surface area (Å²) in [6.45, 7) is 7.16. The number of hydrogen-bond acceptors (Lipinski definition) is 6. The van der Waals surface area contributed by atoms with Crippen LogP contribution < -0.4 is 20.4 Å². The van der Waals surface area contributed by atoms with Crippen LogP contribution in [0.2, 0.25) is 10.0 Å². The van der Waals surface area contributed by atoms with E-state index in [-0.39, 0.29) is 53.0 Å². The van der Waals surface area contributed by atoms with Crippen LogP contribution in [0, 0.1) is 5.82 Å². The summed E-state index contributed by atoms with van der Waals surface area (Å²) in [4.78, 5) is 46.1. The molecule has 9 nitrogen and oxygen atoms in total. The molecule has 3 aliphatic rings. The maximum Gasteiger partial charge on any atom is 0.257 e. The molecule has 0 spiro atoms. The van der Waals surface area contributed by atoms with Crippen LogP contribution in [0.1, 0.15) is 55.1 Å². The Morgan fingerprint density at radius 3 is 2.39 bits per heavy atom. The van der Waals surface area contributed by atoms with Crippen molar-refractivity contribution in [1.82, 2.24) is 19.7 Å². The van der Waals surface area contributed by atoms with Gasteiger partial charge in [-0.2, -0.15) is 0 Å². The van der Waals surface area contributed by atoms with Gasteiger partial charge in [-0.15, -0.1) is 0 Å². The van der Waals surface area contributed by atoms with Gasteiger partial charge in [0.05, 0.1) is 24.6 Å². The summed E-state index contributed by atoms with van der Waals surface area (Å²) < 4.78 is 23.8. The summed E-state index contributed by atoms with van der Waals surface area (Å²) in [5, 5.41) is 3.72. The topological polar surface area (TPSA) is 87.1 Å². The van der Waals surface area contributed by atoms with Gasteiger partial charge < -0.3 is 24.4 Å². The van der Waals surface area contributed by atoms with E-state index in [1.165, 1.54) is 13.2 Å². The molecule has 2 atom stereocenters. The highest BCUT2D eigenvalue weighted by atomic mass is 35.5. The molecule has 6 rings (SSSR count). The van der Waals surface area contributed by atoms with Crippen molar-refractivity contribution >= 4 is 51.6 Å². The maximum atomic E-state index is 16.1. The fourth-order valence-corrected chi connectivity index (χ4v) is 6.95. The molecule has 3 heterocycles. The van der Waals surface area contributed by atoms with E-state index in [0.29, 0.717) is 40.8 Å². The molecule has 1 N–H and O–H groups in total. The second-order valence-corrected chi connectivity index (χ2v) is 12.9. The van der Waals surface area contributed by atoms with E-state index >= 15 is 4.39 Å². The van der Waals surface area contributed by atoms with Crippen molar-refractivity contribution in [2.45, 2.75) is 57.8 Å². The number of carbonyl (C=O) groups excluding carboxylic acids is 2. The molecule has 0 bridgehead atoms. The monoisotopic (exact) mass is 643 g/mol. The first-order valence-corrected chi connectivity index (χ1v) is 15.8. The summed E-state index contributed by atoms with van der Waals surface area (Å²) in [5.41, 5.74) is 0.710. The minimum Gasteiger partial charge on any atom is -0.492 e. The minimum atomic E-state index is -0.612. The smallest absolute Gasteiger partial charge is 0.257 e. The number of halogens is 3. The number of piperazine rings is 1. The lowest BCUT2D eigenvalue weighted by Gasteiger charge is -2.46. The number of carbonyl (C=O) groups is 2. The number of nitrogens with one attached hydrogen (secondary N) is 1. The molecule has 2 amide bonds. The third kappa shape index (κ3) is 5.75. The molecular formula is C32H36Cl2FN5O4. The Morgan fingerprint density at radius 1 is 1.09 bits per heavy atom. The number of anilines is 1. The molecule has 44 heavy (non-hydrogen) atoms. The van der Waals surface area contributed by atoms with Crippen molar-refractivity contribution in [3.8, 4) is 5.75 Å². The maximum absolute atomic E-state index is 16.1. The van der Waals surface area contributed by atoms with Crippen LogP contribution in [0.5, 0.6) is 5.75 Å². The Balaban J connectivity index is 1.33. The van der Waals surface area contributed by atoms with E-state index in [9.17, 15) is 14.4 Å². The lowest BCUT2D eigenvalue weighted by molar-refractivity contribution is -0.138. The van der Waals surface area contributed by atoms with Gasteiger partial charge in [0.2, 0.25) is 11.3 Å². The average Bonchev–Trinajstić information content (AvgIpc) is 3.79. The number of ether oxygens (including phenoxy) is 1. The lowest BCUT2D eigenvalue weighted by atomic mass is 10.0. The number of pyridine rings is 1. The lowest BCUT2D eigenvalue weighted by Crippen LogP contribution is -2.61. The summed E-state index contributed by atoms with van der Waals surface area (Å²) >= 11 is 12.2. The average molecular weight is 645 g/mol. The highest BCUT2D eigenvalue weighted by Crippen LogP contribution is 2.44. The van der Waals surface area contributed by atoms with Crippen molar-refractivity contribution in [1.29, 1.82) is 0 Å². The molecule has 1 saturated carbocycles. The number of rotatable bonds is 8. The highest BCUT2D eigenvalue weighted by Gasteiger charge is 2.37. The molecule has 234 valence electrons. The first-order chi connectivity index (χ1) is 21.1. The minimum absolute atomic E-state index is 0.0522. The first-order valence-electron chi connectivity index (χ1n) is 15.0. The van der Waals surface area contributed by atoms with Gasteiger partial charge >= 0.3 is 0 Å². The van der Waals surface area contributed by atoms with E-state index in [4.69, 9.17) is 27.9 Å². The predicted molar refractivity (Wildman–Crippen MR) is 170 cm³/mol. The number of likely N-dealkylation sites (tertiary alicyclic amines) is 1. The molecule has 3 aromatic rings. The molecular weight excluding hydrogens is 608 g/mol. The normalized spacial score (nSPS) is 20.5. The second-order valence-electron chi connectivity index (χ2n) is 12.1. The van der Waals surface area contributed by atoms with Crippen molar-refractivity contribution < 1.29 is 18.7 Å². The summed E-state index contributed by atoms with van der Waals surface area (Å²) in [6.07, 6.45) is 4.40. The summed E-state index contributed by atoms with van der Waals surface area (Å²) in [7, 11) is 1.47. The van der Waals surface area contributed by atoms with Crippen LogP contribution in [0.15, 0.2) is 35.3 Å². The Kier molecular flexibility index (Phi) is 8.52. The molecule has 2 aromatic carbocycles. The van der Waals surface area contributed by atoms with Gasteiger partial charge in [-0.3, -0.25) is 19.3 Å². The van der Waals surface area contributed by atoms with Gasteiger partial charge in [0, 0.05) is 54.0 Å². The SMILES string of the molecule is COc1c(N2C[C@@H](C)N(C(=O)CN3CCC3)[C@@H](C)C2)c(F)cc2c(=O)c(C(=O)NCc3ccc(Cl)cc3Cl)cn(C3CC3)c12. The molecule has 1 aromatic heterocycles. The molecule has 1 aliphatic carbocycles. The van der Waals surface area contributed by atoms with E-state index < -0.39 is 17.2 Å². The quantitative estimate of drug-likeness (QED) is 0.378. The van der Waals surface area contributed by atoms with E-state index in [0.717, 1.165) is 32.4 Å². The zero-order valence-electron chi connectivity index (χ0n) is 25.0. The van der Waals surface area contributed by atoms with Crippen LogP contribution in [0.4, 0.5) is 10.1 Å². The van der Waals surface area contributed by atoms with Gasteiger partial charge in [-0.25, -0.2) is 4.39 Å². The second kappa shape index (κ2) is 12.2. The van der Waals surface area contributed by atoms with Gasteiger partial charge in [0.25, 0.3) is 5.91 Å². The van der Waals surface area contributed by atoms with Crippen LogP contribution in [0.25, 0.3) is 10.9 Å². The van der Waals surface area contributed by atoms with Crippen molar-refractivity contribution in [2.75, 3.05) is 44.7 Å². The predicted octanol–water partition coefficient (Wildman–Crippen LogP) is 4.85. The molecule has 2 aliphatic heterocycles. The van der Waals surface area contributed by atoms with E-state index in [1.54, 1.807) is 24.4 Å². The van der Waals surface area contributed by atoms with Gasteiger partial charge in [0.1, 0.15) is 11.3 Å². The Hall–Kier alpha value is -3.34. The zero-order valence-corrected chi connectivity index (χ0v) is 26.6. The number of benzene rings is 2. The molecule has 0 radical (unpaired) electrons. The standard InChI is InChI=1S/C32H36Cl2FN5O4/c1-18-14-38(15-19(2)40(18)27(41)17-37-9-4-10-37)29-26(35)12-23-28(31(29)44-3)39(22-7-8-22)16-24(30(23)42)32(43)36-13-20-5-6-21(33)11-25(20)34/h5-6,11-12,16,18-19,22H,4,7-10,13-15,17H2,1-3H3,(H,36,43)/t18-,19+. The largest absolute Gasteiger partial charge is 0.492 e. The van der Waals surface area contributed by atoms with Crippen molar-refractivity contribution in [3.05, 3.63) is 67.7 Å². The van der Waals surface area contributed by atoms with Crippen LogP contribution in [-0.4, -0.2) is 78.1 Å². The number of methoxy groups -OCH3 is 1. The third-order valence-electron chi connectivity index (χ3n) is 8.87. The van der Waals surface area contributed by atoms with Crippen LogP contribution >= 0.6 is 23.2 Å². The first kappa shape index (κ1) is 30.7. The number of amides is 2. The third-order valence-corrected chi connectivity index (χ3v) is 9.46. The van der Waals surface area contributed by atoms with Gasteiger partial charge in [0.15, 0.2) is 11.6 Å². The van der Waals surface area contributed by atoms with Crippen molar-refractivity contribution in [2.24, 2.45) is 0 Å². The molecule has 3 fully saturated rings. The van der Waals surface area contributed by atoms with E-state index in [2.05, 4.69) is 10.2 Å². The number of nitrogens with zero attached hydrogens (tertiary/aromatic N) is 4. The van der Waals surface area contributed by atoms with Crippen LogP contribution in [0.3, 0.4) is 0 Å². The number of aromatic nitrogens is 1. The summed E-state index contributed by atoms with van der Waals surface area (Å²) in [5.74, 6) is -0.854. The number of fused-ring (bicyclic) bond motifs is 1. The fourth-order valence-electron chi connectivity index (χ4n) is 6.48. The Labute approximate surface area is 265 Å².